The molecule has 0 bridgehead atoms. The number of anilines is 1. The normalized spacial score (nSPS) is 14.7. The number of amides is 4. The molecule has 41 heavy (non-hydrogen) atoms. The Balaban J connectivity index is 1.34. The second-order valence-electron chi connectivity index (χ2n) is 11.6. The van der Waals surface area contributed by atoms with Crippen molar-refractivity contribution in [2.75, 3.05) is 11.9 Å². The second kappa shape index (κ2) is 9.10. The first-order valence-corrected chi connectivity index (χ1v) is 13.6. The number of fused-ring (bicyclic) bond motifs is 2. The van der Waals surface area contributed by atoms with Gasteiger partial charge in [0.25, 0.3) is 23.6 Å². The first kappa shape index (κ1) is 26.4. The van der Waals surface area contributed by atoms with E-state index in [0.29, 0.717) is 27.9 Å². The monoisotopic (exact) mass is 542 g/mol. The quantitative estimate of drug-likeness (QED) is 0.271. The predicted molar refractivity (Wildman–Crippen MR) is 159 cm³/mol. The Labute approximate surface area is 239 Å². The van der Waals surface area contributed by atoms with Crippen LogP contribution in [0.1, 0.15) is 83.1 Å². The van der Waals surface area contributed by atoms with Gasteiger partial charge in [-0.25, -0.2) is 4.90 Å². The van der Waals surface area contributed by atoms with E-state index in [-0.39, 0.29) is 23.6 Å². The maximum absolute atomic E-state index is 13.7. The summed E-state index contributed by atoms with van der Waals surface area (Å²) in [6, 6.07) is 22.6. The molecular formula is C35H30N2O4. The fourth-order valence-corrected chi connectivity index (χ4v) is 5.99. The van der Waals surface area contributed by atoms with E-state index in [4.69, 9.17) is 0 Å². The average molecular weight is 543 g/mol. The predicted octanol–water partition coefficient (Wildman–Crippen LogP) is 6.63. The summed E-state index contributed by atoms with van der Waals surface area (Å²) in [4.78, 5) is 54.4. The Hall–Kier alpha value is -4.84. The molecule has 4 amide bonds. The standard InChI is InChI=1S/C35H30N2O4/c1-19-7-11-25(20(2)15-19)26-14-10-24(16-21(26)3)37-33(40)28-13-9-23(18-30(28)34(37)41)35(4,5)22-8-12-27-29(17-22)32(39)36(6)31(27)38/h7-18H,1-6H3. The van der Waals surface area contributed by atoms with Crippen molar-refractivity contribution in [3.05, 3.63) is 123 Å². The van der Waals surface area contributed by atoms with Crippen LogP contribution in [-0.4, -0.2) is 35.6 Å². The number of hydrogen-bond acceptors (Lipinski definition) is 4. The van der Waals surface area contributed by atoms with Crippen LogP contribution in [0, 0.1) is 20.8 Å². The first-order chi connectivity index (χ1) is 19.4. The summed E-state index contributed by atoms with van der Waals surface area (Å²) in [5, 5.41) is 0. The molecule has 6 rings (SSSR count). The van der Waals surface area contributed by atoms with Crippen molar-refractivity contribution in [3.63, 3.8) is 0 Å². The van der Waals surface area contributed by atoms with Crippen molar-refractivity contribution >= 4 is 29.3 Å². The summed E-state index contributed by atoms with van der Waals surface area (Å²) < 4.78 is 0. The molecule has 6 nitrogen and oxygen atoms in total. The lowest BCUT2D eigenvalue weighted by molar-refractivity contribution is 0.0692. The fourth-order valence-electron chi connectivity index (χ4n) is 5.99. The van der Waals surface area contributed by atoms with Gasteiger partial charge in [-0.1, -0.05) is 55.8 Å². The van der Waals surface area contributed by atoms with Crippen molar-refractivity contribution < 1.29 is 19.2 Å². The summed E-state index contributed by atoms with van der Waals surface area (Å²) in [5.41, 5.74) is 8.60. The fraction of sp³-hybridized carbons (Fsp3) is 0.200. The Morgan fingerprint density at radius 2 is 0.976 bits per heavy atom. The van der Waals surface area contributed by atoms with E-state index in [0.717, 1.165) is 32.7 Å². The van der Waals surface area contributed by atoms with Crippen LogP contribution in [0.25, 0.3) is 11.1 Å². The van der Waals surface area contributed by atoms with Crippen LogP contribution >= 0.6 is 0 Å². The van der Waals surface area contributed by atoms with Crippen molar-refractivity contribution in [2.24, 2.45) is 0 Å². The maximum Gasteiger partial charge on any atom is 0.266 e. The molecule has 4 aromatic rings. The highest BCUT2D eigenvalue weighted by Crippen LogP contribution is 2.38. The summed E-state index contributed by atoms with van der Waals surface area (Å²) in [5.74, 6) is -1.35. The molecule has 6 heteroatoms. The number of nitrogens with zero attached hydrogens (tertiary/aromatic N) is 2. The maximum atomic E-state index is 13.7. The molecule has 0 radical (unpaired) electrons. The van der Waals surface area contributed by atoms with Crippen LogP contribution in [0.4, 0.5) is 5.69 Å². The molecule has 0 N–H and O–H groups in total. The van der Waals surface area contributed by atoms with Gasteiger partial charge in [-0.3, -0.25) is 24.1 Å². The molecule has 0 unspecified atom stereocenters. The molecule has 2 aliphatic heterocycles. The van der Waals surface area contributed by atoms with Crippen LogP contribution in [0.15, 0.2) is 72.8 Å². The molecule has 0 saturated heterocycles. The molecule has 0 fully saturated rings. The number of carbonyl (C=O) groups is 4. The first-order valence-electron chi connectivity index (χ1n) is 13.6. The largest absolute Gasteiger partial charge is 0.277 e. The number of aryl methyl sites for hydroxylation is 3. The minimum absolute atomic E-state index is 0.312. The highest BCUT2D eigenvalue weighted by atomic mass is 16.2. The van der Waals surface area contributed by atoms with E-state index < -0.39 is 5.41 Å². The lowest BCUT2D eigenvalue weighted by atomic mass is 9.76. The van der Waals surface area contributed by atoms with E-state index in [9.17, 15) is 19.2 Å². The highest BCUT2D eigenvalue weighted by Gasteiger charge is 2.39. The van der Waals surface area contributed by atoms with Crippen molar-refractivity contribution in [3.8, 4) is 11.1 Å². The van der Waals surface area contributed by atoms with E-state index in [1.54, 1.807) is 24.3 Å². The third kappa shape index (κ3) is 3.93. The molecule has 0 spiro atoms. The van der Waals surface area contributed by atoms with Crippen molar-refractivity contribution in [1.82, 2.24) is 4.90 Å². The zero-order valence-electron chi connectivity index (χ0n) is 24.0. The van der Waals surface area contributed by atoms with Crippen molar-refractivity contribution in [2.45, 2.75) is 40.0 Å². The SMILES string of the molecule is Cc1ccc(-c2ccc(N3C(=O)c4ccc(C(C)(C)c5ccc6c(c5)C(=O)N(C)C6=O)cc4C3=O)cc2C)c(C)c1. The summed E-state index contributed by atoms with van der Waals surface area (Å²) in [6.07, 6.45) is 0. The molecule has 4 aromatic carbocycles. The number of hydrogen-bond donors (Lipinski definition) is 0. The highest BCUT2D eigenvalue weighted by molar-refractivity contribution is 6.34. The van der Waals surface area contributed by atoms with E-state index in [1.807, 2.05) is 51.1 Å². The van der Waals surface area contributed by atoms with Gasteiger partial charge in [-0.05, 0) is 90.6 Å². The van der Waals surface area contributed by atoms with Gasteiger partial charge in [-0.2, -0.15) is 0 Å². The zero-order valence-corrected chi connectivity index (χ0v) is 24.0. The Kier molecular flexibility index (Phi) is 5.85. The third-order valence-corrected chi connectivity index (χ3v) is 8.56. The van der Waals surface area contributed by atoms with Crippen molar-refractivity contribution in [1.29, 1.82) is 0 Å². The molecule has 204 valence electrons. The molecule has 2 aliphatic rings. The summed E-state index contributed by atoms with van der Waals surface area (Å²) >= 11 is 0. The molecule has 0 atom stereocenters. The van der Waals surface area contributed by atoms with Crippen LogP contribution < -0.4 is 4.90 Å². The van der Waals surface area contributed by atoms with Gasteiger partial charge in [0.05, 0.1) is 27.9 Å². The third-order valence-electron chi connectivity index (χ3n) is 8.56. The van der Waals surface area contributed by atoms with Gasteiger partial charge in [0.2, 0.25) is 0 Å². The van der Waals surface area contributed by atoms with Crippen LogP contribution in [0.3, 0.4) is 0 Å². The van der Waals surface area contributed by atoms with Crippen LogP contribution in [-0.2, 0) is 5.41 Å². The molecule has 0 saturated carbocycles. The van der Waals surface area contributed by atoms with Gasteiger partial charge < -0.3 is 0 Å². The molecular weight excluding hydrogens is 512 g/mol. The smallest absolute Gasteiger partial charge is 0.266 e. The minimum atomic E-state index is -0.602. The lowest BCUT2D eigenvalue weighted by Gasteiger charge is -2.27. The second-order valence-corrected chi connectivity index (χ2v) is 11.6. The molecule has 2 heterocycles. The number of benzene rings is 4. The van der Waals surface area contributed by atoms with E-state index >= 15 is 0 Å². The van der Waals surface area contributed by atoms with Crippen LogP contribution in [0.2, 0.25) is 0 Å². The molecule has 0 aliphatic carbocycles. The number of imide groups is 2. The van der Waals surface area contributed by atoms with Gasteiger partial charge in [0.1, 0.15) is 0 Å². The zero-order chi connectivity index (χ0) is 29.4. The van der Waals surface area contributed by atoms with Gasteiger partial charge in [-0.15, -0.1) is 0 Å². The Morgan fingerprint density at radius 3 is 1.56 bits per heavy atom. The molecule has 0 aromatic heterocycles. The topological polar surface area (TPSA) is 74.8 Å². The Bertz CT molecular complexity index is 1850. The summed E-state index contributed by atoms with van der Waals surface area (Å²) in [6.45, 7) is 10.1. The number of rotatable bonds is 4. The Morgan fingerprint density at radius 1 is 0.512 bits per heavy atom. The minimum Gasteiger partial charge on any atom is -0.277 e. The lowest BCUT2D eigenvalue weighted by Crippen LogP contribution is -2.29. The van der Waals surface area contributed by atoms with Gasteiger partial charge >= 0.3 is 0 Å². The number of carbonyl (C=O) groups excluding carboxylic acids is 4. The summed E-state index contributed by atoms with van der Waals surface area (Å²) in [7, 11) is 1.48. The van der Waals surface area contributed by atoms with Gasteiger partial charge in [0.15, 0.2) is 0 Å². The van der Waals surface area contributed by atoms with E-state index in [2.05, 4.69) is 32.0 Å². The van der Waals surface area contributed by atoms with E-state index in [1.165, 1.54) is 23.1 Å². The van der Waals surface area contributed by atoms with Crippen LogP contribution in [0.5, 0.6) is 0 Å². The van der Waals surface area contributed by atoms with Gasteiger partial charge in [0, 0.05) is 12.5 Å². The average Bonchev–Trinajstić information content (AvgIpc) is 3.32.